The maximum Gasteiger partial charge on any atom is 0.123 e. The van der Waals surface area contributed by atoms with Crippen LogP contribution in [-0.2, 0) is 6.42 Å². The van der Waals surface area contributed by atoms with E-state index >= 15 is 0 Å². The highest BCUT2D eigenvalue weighted by atomic mass is 16.5. The molecule has 0 atom stereocenters. The van der Waals surface area contributed by atoms with Gasteiger partial charge in [0.1, 0.15) is 17.1 Å². The van der Waals surface area contributed by atoms with E-state index < -0.39 is 0 Å². The van der Waals surface area contributed by atoms with Crippen LogP contribution in [0.5, 0.6) is 5.75 Å². The second-order valence-corrected chi connectivity index (χ2v) is 6.18. The number of aromatic amines is 1. The lowest BCUT2D eigenvalue weighted by Gasteiger charge is -2.09. The predicted molar refractivity (Wildman–Crippen MR) is 90.7 cm³/mol. The standard InChI is InChI=1S/C19H19N3O/c1-11-8-16(9-12(2)13(11)3)19-18(20-22-21-19)15-5-4-14-6-7-23-17(14)10-15/h4-5,8-10H,6-7H2,1-3H3,(H,20,21,22). The monoisotopic (exact) mass is 305 g/mol. The minimum absolute atomic E-state index is 0.765. The van der Waals surface area contributed by atoms with Crippen molar-refractivity contribution >= 4 is 0 Å². The number of benzene rings is 2. The molecule has 1 aliphatic rings. The smallest absolute Gasteiger partial charge is 0.123 e. The van der Waals surface area contributed by atoms with Gasteiger partial charge in [0.05, 0.1) is 6.61 Å². The molecule has 2 aromatic carbocycles. The predicted octanol–water partition coefficient (Wildman–Crippen LogP) is 4.00. The van der Waals surface area contributed by atoms with Gasteiger partial charge >= 0.3 is 0 Å². The van der Waals surface area contributed by atoms with Crippen LogP contribution in [0.1, 0.15) is 22.3 Å². The van der Waals surface area contributed by atoms with Gasteiger partial charge in [-0.1, -0.05) is 12.1 Å². The van der Waals surface area contributed by atoms with E-state index in [2.05, 4.69) is 66.5 Å². The summed E-state index contributed by atoms with van der Waals surface area (Å²) in [7, 11) is 0. The molecular formula is C19H19N3O. The Balaban J connectivity index is 1.83. The first-order valence-electron chi connectivity index (χ1n) is 7.88. The molecule has 0 bridgehead atoms. The number of ether oxygens (including phenoxy) is 1. The summed E-state index contributed by atoms with van der Waals surface area (Å²) in [4.78, 5) is 0. The summed E-state index contributed by atoms with van der Waals surface area (Å²) < 4.78 is 5.68. The molecule has 0 saturated carbocycles. The molecule has 0 aliphatic carbocycles. The summed E-state index contributed by atoms with van der Waals surface area (Å²) in [6.45, 7) is 7.18. The number of nitrogens with zero attached hydrogens (tertiary/aromatic N) is 2. The van der Waals surface area contributed by atoms with Crippen LogP contribution in [0.3, 0.4) is 0 Å². The number of aryl methyl sites for hydroxylation is 2. The maximum atomic E-state index is 5.68. The molecular weight excluding hydrogens is 286 g/mol. The molecule has 0 amide bonds. The fraction of sp³-hybridized carbons (Fsp3) is 0.263. The first-order valence-corrected chi connectivity index (χ1v) is 7.88. The minimum Gasteiger partial charge on any atom is -0.493 e. The third-order valence-electron chi connectivity index (χ3n) is 4.72. The number of rotatable bonds is 2. The quantitative estimate of drug-likeness (QED) is 0.778. The van der Waals surface area contributed by atoms with E-state index in [0.29, 0.717) is 0 Å². The number of aromatic nitrogens is 3. The molecule has 0 saturated heterocycles. The van der Waals surface area contributed by atoms with Crippen molar-refractivity contribution in [2.24, 2.45) is 0 Å². The lowest BCUT2D eigenvalue weighted by atomic mass is 9.97. The van der Waals surface area contributed by atoms with Gasteiger partial charge in [0, 0.05) is 17.5 Å². The molecule has 2 heterocycles. The minimum atomic E-state index is 0.765. The van der Waals surface area contributed by atoms with Gasteiger partial charge in [-0.15, -0.1) is 0 Å². The van der Waals surface area contributed by atoms with Gasteiger partial charge in [0.25, 0.3) is 0 Å². The lowest BCUT2D eigenvalue weighted by Crippen LogP contribution is -1.91. The summed E-state index contributed by atoms with van der Waals surface area (Å²) in [5, 5.41) is 11.5. The van der Waals surface area contributed by atoms with Crippen molar-refractivity contribution in [1.29, 1.82) is 0 Å². The number of H-pyrrole nitrogens is 1. The van der Waals surface area contributed by atoms with Crippen molar-refractivity contribution in [3.63, 3.8) is 0 Å². The molecule has 4 rings (SSSR count). The van der Waals surface area contributed by atoms with Crippen LogP contribution in [-0.4, -0.2) is 22.0 Å². The van der Waals surface area contributed by atoms with Gasteiger partial charge in [-0.2, -0.15) is 15.4 Å². The largest absolute Gasteiger partial charge is 0.493 e. The summed E-state index contributed by atoms with van der Waals surface area (Å²) in [5.74, 6) is 0.965. The summed E-state index contributed by atoms with van der Waals surface area (Å²) in [6.07, 6.45) is 0.984. The van der Waals surface area contributed by atoms with Gasteiger partial charge in [0.15, 0.2) is 0 Å². The van der Waals surface area contributed by atoms with Crippen LogP contribution in [0.4, 0.5) is 0 Å². The molecule has 1 aromatic heterocycles. The van der Waals surface area contributed by atoms with E-state index in [9.17, 15) is 0 Å². The molecule has 4 nitrogen and oxygen atoms in total. The van der Waals surface area contributed by atoms with E-state index in [1.807, 2.05) is 0 Å². The first-order chi connectivity index (χ1) is 11.1. The lowest BCUT2D eigenvalue weighted by molar-refractivity contribution is 0.357. The fourth-order valence-electron chi connectivity index (χ4n) is 3.12. The van der Waals surface area contributed by atoms with Crippen molar-refractivity contribution in [3.8, 4) is 28.3 Å². The zero-order chi connectivity index (χ0) is 16.0. The van der Waals surface area contributed by atoms with Crippen molar-refractivity contribution < 1.29 is 4.74 Å². The zero-order valence-corrected chi connectivity index (χ0v) is 13.6. The number of hydrogen-bond donors (Lipinski definition) is 1. The summed E-state index contributed by atoms with van der Waals surface area (Å²) in [5.41, 5.74) is 9.00. The Morgan fingerprint density at radius 2 is 1.61 bits per heavy atom. The Morgan fingerprint density at radius 1 is 0.913 bits per heavy atom. The van der Waals surface area contributed by atoms with Crippen molar-refractivity contribution in [3.05, 3.63) is 52.6 Å². The molecule has 0 radical (unpaired) electrons. The molecule has 1 N–H and O–H groups in total. The average molecular weight is 305 g/mol. The maximum absolute atomic E-state index is 5.68. The van der Waals surface area contributed by atoms with Crippen LogP contribution in [0, 0.1) is 20.8 Å². The van der Waals surface area contributed by atoms with Gasteiger partial charge in [-0.05, 0) is 61.2 Å². The second-order valence-electron chi connectivity index (χ2n) is 6.18. The van der Waals surface area contributed by atoms with Crippen LogP contribution in [0.15, 0.2) is 30.3 Å². The second kappa shape index (κ2) is 5.23. The Kier molecular flexibility index (Phi) is 3.18. The topological polar surface area (TPSA) is 50.8 Å². The van der Waals surface area contributed by atoms with Gasteiger partial charge in [0.2, 0.25) is 0 Å². The number of nitrogens with one attached hydrogen (secondary N) is 1. The van der Waals surface area contributed by atoms with Gasteiger partial charge in [-0.25, -0.2) is 0 Å². The SMILES string of the molecule is Cc1cc(-c2n[nH]nc2-c2ccc3c(c2)OCC3)cc(C)c1C. The van der Waals surface area contributed by atoms with Gasteiger partial charge in [-0.3, -0.25) is 0 Å². The molecule has 116 valence electrons. The van der Waals surface area contributed by atoms with Crippen molar-refractivity contribution in [2.45, 2.75) is 27.2 Å². The van der Waals surface area contributed by atoms with Crippen LogP contribution >= 0.6 is 0 Å². The summed E-state index contributed by atoms with van der Waals surface area (Å²) in [6, 6.07) is 10.6. The fourth-order valence-corrected chi connectivity index (χ4v) is 3.12. The summed E-state index contributed by atoms with van der Waals surface area (Å²) >= 11 is 0. The highest BCUT2D eigenvalue weighted by Gasteiger charge is 2.18. The Hall–Kier alpha value is -2.62. The third kappa shape index (κ3) is 2.31. The van der Waals surface area contributed by atoms with E-state index in [0.717, 1.165) is 41.3 Å². The molecule has 0 spiro atoms. The van der Waals surface area contributed by atoms with Crippen molar-refractivity contribution in [1.82, 2.24) is 15.4 Å². The zero-order valence-electron chi connectivity index (χ0n) is 13.6. The highest BCUT2D eigenvalue weighted by molar-refractivity contribution is 5.79. The normalized spacial score (nSPS) is 13.0. The van der Waals surface area contributed by atoms with Crippen molar-refractivity contribution in [2.75, 3.05) is 6.61 Å². The number of fused-ring (bicyclic) bond motifs is 1. The Labute approximate surface area is 135 Å². The Morgan fingerprint density at radius 3 is 2.35 bits per heavy atom. The third-order valence-corrected chi connectivity index (χ3v) is 4.72. The van der Waals surface area contributed by atoms with E-state index in [4.69, 9.17) is 4.74 Å². The van der Waals surface area contributed by atoms with E-state index in [1.54, 1.807) is 0 Å². The van der Waals surface area contributed by atoms with Crippen LogP contribution in [0.25, 0.3) is 22.5 Å². The first kappa shape index (κ1) is 14.0. The molecule has 4 heteroatoms. The van der Waals surface area contributed by atoms with E-state index in [-0.39, 0.29) is 0 Å². The van der Waals surface area contributed by atoms with Gasteiger partial charge < -0.3 is 4.74 Å². The molecule has 23 heavy (non-hydrogen) atoms. The number of hydrogen-bond acceptors (Lipinski definition) is 3. The van der Waals surface area contributed by atoms with E-state index in [1.165, 1.54) is 22.3 Å². The molecule has 3 aromatic rings. The average Bonchev–Trinajstić information content (AvgIpc) is 3.19. The van der Waals surface area contributed by atoms with Crippen LogP contribution in [0.2, 0.25) is 0 Å². The molecule has 0 fully saturated rings. The Bertz CT molecular complexity index is 872. The molecule has 0 unspecified atom stereocenters. The molecule has 1 aliphatic heterocycles. The van der Waals surface area contributed by atoms with Crippen LogP contribution < -0.4 is 4.74 Å². The highest BCUT2D eigenvalue weighted by Crippen LogP contribution is 2.34.